The number of morpholine rings is 1. The van der Waals surface area contributed by atoms with E-state index in [9.17, 15) is 4.79 Å². The number of rotatable bonds is 3. The van der Waals surface area contributed by atoms with Gasteiger partial charge in [-0.3, -0.25) is 4.79 Å². The maximum atomic E-state index is 12.2. The minimum atomic E-state index is -0.221. The molecule has 2 aliphatic rings. The van der Waals surface area contributed by atoms with Crippen LogP contribution in [-0.2, 0) is 9.53 Å². The van der Waals surface area contributed by atoms with Gasteiger partial charge in [0.15, 0.2) is 16.7 Å². The van der Waals surface area contributed by atoms with Gasteiger partial charge in [-0.15, -0.1) is 0 Å². The van der Waals surface area contributed by atoms with E-state index in [-0.39, 0.29) is 5.91 Å². The lowest BCUT2D eigenvalue weighted by molar-refractivity contribution is -0.113. The van der Waals surface area contributed by atoms with Gasteiger partial charge in [-0.05, 0) is 23.9 Å². The van der Waals surface area contributed by atoms with E-state index in [1.54, 1.807) is 20.3 Å². The number of aliphatic imine (C=N–C) groups is 1. The molecule has 0 bridgehead atoms. The minimum absolute atomic E-state index is 0.221. The molecule has 2 aliphatic heterocycles. The van der Waals surface area contributed by atoms with E-state index in [1.807, 2.05) is 18.2 Å². The highest BCUT2D eigenvalue weighted by Crippen LogP contribution is 2.36. The van der Waals surface area contributed by atoms with Crippen molar-refractivity contribution in [2.75, 3.05) is 40.5 Å². The number of hydrogen-bond donors (Lipinski definition) is 0. The van der Waals surface area contributed by atoms with Gasteiger partial charge in [0.1, 0.15) is 0 Å². The molecule has 3 rings (SSSR count). The summed E-state index contributed by atoms with van der Waals surface area (Å²) in [7, 11) is 3.17. The van der Waals surface area contributed by atoms with Gasteiger partial charge in [0.05, 0.1) is 32.3 Å². The predicted molar refractivity (Wildman–Crippen MR) is 89.9 cm³/mol. The van der Waals surface area contributed by atoms with Crippen molar-refractivity contribution in [2.24, 2.45) is 4.99 Å². The van der Waals surface area contributed by atoms with Crippen LogP contribution >= 0.6 is 11.8 Å². The van der Waals surface area contributed by atoms with Gasteiger partial charge in [-0.2, -0.15) is 4.99 Å². The van der Waals surface area contributed by atoms with E-state index in [1.165, 1.54) is 11.8 Å². The Balaban J connectivity index is 1.83. The second kappa shape index (κ2) is 7.06. The van der Waals surface area contributed by atoms with E-state index in [2.05, 4.69) is 9.89 Å². The Morgan fingerprint density at radius 1 is 1.26 bits per heavy atom. The fourth-order valence-electron chi connectivity index (χ4n) is 2.45. The molecular weight excluding hydrogens is 316 g/mol. The van der Waals surface area contributed by atoms with Gasteiger partial charge in [0.2, 0.25) is 0 Å². The monoisotopic (exact) mass is 334 g/mol. The van der Waals surface area contributed by atoms with Crippen LogP contribution in [0, 0.1) is 0 Å². The van der Waals surface area contributed by atoms with E-state index < -0.39 is 0 Å². The first-order valence-corrected chi connectivity index (χ1v) is 8.11. The van der Waals surface area contributed by atoms with E-state index >= 15 is 0 Å². The molecule has 0 spiro atoms. The maximum Gasteiger partial charge on any atom is 0.286 e. The van der Waals surface area contributed by atoms with Crippen LogP contribution in [-0.4, -0.2) is 56.5 Å². The number of amides is 1. The molecule has 0 aliphatic carbocycles. The van der Waals surface area contributed by atoms with Crippen LogP contribution in [0.2, 0.25) is 0 Å². The van der Waals surface area contributed by atoms with Crippen molar-refractivity contribution < 1.29 is 19.0 Å². The van der Waals surface area contributed by atoms with Crippen molar-refractivity contribution in [3.63, 3.8) is 0 Å². The van der Waals surface area contributed by atoms with Crippen molar-refractivity contribution >= 4 is 28.9 Å². The minimum Gasteiger partial charge on any atom is -0.493 e. The van der Waals surface area contributed by atoms with Gasteiger partial charge >= 0.3 is 0 Å². The highest BCUT2D eigenvalue weighted by Gasteiger charge is 2.27. The average molecular weight is 334 g/mol. The van der Waals surface area contributed by atoms with Gasteiger partial charge < -0.3 is 19.1 Å². The largest absolute Gasteiger partial charge is 0.493 e. The molecule has 0 radical (unpaired) electrons. The van der Waals surface area contributed by atoms with Gasteiger partial charge in [0, 0.05) is 18.7 Å². The number of para-hydroxylation sites is 1. The first-order valence-electron chi connectivity index (χ1n) is 7.29. The molecule has 0 unspecified atom stereocenters. The first-order chi connectivity index (χ1) is 11.2. The number of methoxy groups -OCH3 is 2. The number of carbonyl (C=O) groups is 1. The molecule has 122 valence electrons. The second-order valence-electron chi connectivity index (χ2n) is 4.99. The number of ether oxygens (including phenoxy) is 3. The summed E-state index contributed by atoms with van der Waals surface area (Å²) in [6.45, 7) is 2.84. The Bertz CT molecular complexity index is 666. The number of amidine groups is 1. The number of carbonyl (C=O) groups excluding carboxylic acids is 1. The summed E-state index contributed by atoms with van der Waals surface area (Å²) in [5, 5.41) is 0.742. The van der Waals surface area contributed by atoms with Gasteiger partial charge in [-0.25, -0.2) is 0 Å². The highest BCUT2D eigenvalue weighted by molar-refractivity contribution is 8.18. The lowest BCUT2D eigenvalue weighted by Gasteiger charge is -2.27. The summed E-state index contributed by atoms with van der Waals surface area (Å²) in [5.74, 6) is 1.02. The molecule has 0 N–H and O–H groups in total. The molecule has 0 saturated carbocycles. The lowest BCUT2D eigenvalue weighted by Crippen LogP contribution is -2.38. The third-order valence-electron chi connectivity index (χ3n) is 3.61. The zero-order valence-electron chi connectivity index (χ0n) is 13.1. The maximum absolute atomic E-state index is 12.2. The fourth-order valence-corrected chi connectivity index (χ4v) is 3.41. The Labute approximate surface area is 139 Å². The van der Waals surface area contributed by atoms with E-state index in [4.69, 9.17) is 14.2 Å². The van der Waals surface area contributed by atoms with Crippen molar-refractivity contribution in [1.29, 1.82) is 0 Å². The second-order valence-corrected chi connectivity index (χ2v) is 6.00. The normalized spacial score (nSPS) is 19.9. The highest BCUT2D eigenvalue weighted by atomic mass is 32.2. The molecular formula is C16H18N2O4S. The van der Waals surface area contributed by atoms with Crippen molar-refractivity contribution in [2.45, 2.75) is 0 Å². The summed E-state index contributed by atoms with van der Waals surface area (Å²) in [6, 6.07) is 5.57. The summed E-state index contributed by atoms with van der Waals surface area (Å²) in [5.41, 5.74) is 0.793. The van der Waals surface area contributed by atoms with Crippen molar-refractivity contribution in [3.8, 4) is 11.5 Å². The standard InChI is InChI=1S/C16H18N2O4S/c1-20-12-5-3-4-11(14(12)21-2)10-13-15(19)17-16(23-13)18-6-8-22-9-7-18/h3-5,10H,6-9H2,1-2H3/b13-10-. The topological polar surface area (TPSA) is 60.4 Å². The Morgan fingerprint density at radius 3 is 2.74 bits per heavy atom. The summed E-state index contributed by atoms with van der Waals surface area (Å²) < 4.78 is 16.0. The molecule has 1 fully saturated rings. The van der Waals surface area contributed by atoms with Gasteiger partial charge in [0.25, 0.3) is 5.91 Å². The number of hydrogen-bond acceptors (Lipinski definition) is 6. The molecule has 0 atom stereocenters. The van der Waals surface area contributed by atoms with Crippen molar-refractivity contribution in [3.05, 3.63) is 28.7 Å². The molecule has 1 aromatic carbocycles. The number of thioether (sulfide) groups is 1. The number of benzene rings is 1. The van der Waals surface area contributed by atoms with Gasteiger partial charge in [-0.1, -0.05) is 12.1 Å². The lowest BCUT2D eigenvalue weighted by atomic mass is 10.1. The molecule has 0 aromatic heterocycles. The molecule has 6 nitrogen and oxygen atoms in total. The molecule has 1 amide bonds. The van der Waals surface area contributed by atoms with Crippen LogP contribution in [0.25, 0.3) is 6.08 Å². The quantitative estimate of drug-likeness (QED) is 0.788. The summed E-state index contributed by atoms with van der Waals surface area (Å²) in [4.78, 5) is 19.0. The SMILES string of the molecule is COc1cccc(/C=C2\SC(N3CCOCC3)=NC2=O)c1OC. The third-order valence-corrected chi connectivity index (χ3v) is 4.66. The molecule has 1 saturated heterocycles. The first kappa shape index (κ1) is 15.9. The average Bonchev–Trinajstić information content (AvgIpc) is 2.96. The van der Waals surface area contributed by atoms with Crippen LogP contribution in [0.3, 0.4) is 0 Å². The van der Waals surface area contributed by atoms with Crippen LogP contribution in [0.5, 0.6) is 11.5 Å². The smallest absolute Gasteiger partial charge is 0.286 e. The van der Waals surface area contributed by atoms with Crippen LogP contribution in [0.15, 0.2) is 28.1 Å². The Morgan fingerprint density at radius 2 is 2.04 bits per heavy atom. The molecule has 1 aromatic rings. The fraction of sp³-hybridized carbons (Fsp3) is 0.375. The zero-order chi connectivity index (χ0) is 16.2. The Kier molecular flexibility index (Phi) is 4.88. The third kappa shape index (κ3) is 3.35. The van der Waals surface area contributed by atoms with E-state index in [0.717, 1.165) is 23.8 Å². The summed E-state index contributed by atoms with van der Waals surface area (Å²) in [6.07, 6.45) is 1.80. The van der Waals surface area contributed by atoms with Crippen molar-refractivity contribution in [1.82, 2.24) is 4.90 Å². The van der Waals surface area contributed by atoms with Crippen LogP contribution < -0.4 is 9.47 Å². The zero-order valence-corrected chi connectivity index (χ0v) is 13.9. The molecule has 7 heteroatoms. The predicted octanol–water partition coefficient (Wildman–Crippen LogP) is 2.01. The Hall–Kier alpha value is -1.99. The van der Waals surface area contributed by atoms with E-state index in [0.29, 0.717) is 29.6 Å². The molecule has 23 heavy (non-hydrogen) atoms. The van der Waals surface area contributed by atoms with Crippen LogP contribution in [0.4, 0.5) is 0 Å². The van der Waals surface area contributed by atoms with Crippen LogP contribution in [0.1, 0.15) is 5.56 Å². The summed E-state index contributed by atoms with van der Waals surface area (Å²) >= 11 is 1.39. The molecule has 2 heterocycles. The number of nitrogens with zero attached hydrogens (tertiary/aromatic N) is 2.